The third-order valence-corrected chi connectivity index (χ3v) is 4.78. The summed E-state index contributed by atoms with van der Waals surface area (Å²) in [6, 6.07) is 4.68. The molecule has 3 rings (SSSR count). The zero-order valence-electron chi connectivity index (χ0n) is 15.3. The number of carbonyl (C=O) groups is 1. The Balaban J connectivity index is 1.67. The van der Waals surface area contributed by atoms with Crippen LogP contribution in [0.4, 0.5) is 11.4 Å². The third-order valence-electron chi connectivity index (χ3n) is 4.78. The average molecular weight is 375 g/mol. The second kappa shape index (κ2) is 9.43. The summed E-state index contributed by atoms with van der Waals surface area (Å²) in [6.45, 7) is 4.83. The summed E-state index contributed by atoms with van der Waals surface area (Å²) >= 11 is 0. The number of nitro groups is 1. The molecule has 0 radical (unpaired) electrons. The summed E-state index contributed by atoms with van der Waals surface area (Å²) in [5.74, 6) is -0.175. The fourth-order valence-electron chi connectivity index (χ4n) is 3.38. The lowest BCUT2D eigenvalue weighted by molar-refractivity contribution is -0.384. The highest BCUT2D eigenvalue weighted by Crippen LogP contribution is 2.25. The molecule has 0 aliphatic carbocycles. The summed E-state index contributed by atoms with van der Waals surface area (Å²) in [6.07, 6.45) is 4.93. The van der Waals surface area contributed by atoms with Gasteiger partial charge in [0, 0.05) is 36.5 Å². The molecule has 27 heavy (non-hydrogen) atoms. The van der Waals surface area contributed by atoms with Crippen molar-refractivity contribution in [3.63, 3.8) is 0 Å². The van der Waals surface area contributed by atoms with Gasteiger partial charge in [-0.25, -0.2) is 5.43 Å². The van der Waals surface area contributed by atoms with Gasteiger partial charge in [-0.1, -0.05) is 6.42 Å². The summed E-state index contributed by atoms with van der Waals surface area (Å²) < 4.78 is 5.36. The highest BCUT2D eigenvalue weighted by atomic mass is 16.6. The maximum atomic E-state index is 12.1. The molecule has 0 atom stereocenters. The van der Waals surface area contributed by atoms with Crippen LogP contribution in [-0.4, -0.2) is 67.9 Å². The molecule has 2 heterocycles. The first-order chi connectivity index (χ1) is 13.1. The number of nitrogens with zero attached hydrogens (tertiary/aromatic N) is 4. The molecule has 1 aromatic rings. The smallest absolute Gasteiger partial charge is 0.270 e. The predicted molar refractivity (Wildman–Crippen MR) is 102 cm³/mol. The molecule has 1 aromatic carbocycles. The second-order valence-corrected chi connectivity index (χ2v) is 6.73. The van der Waals surface area contributed by atoms with Crippen molar-refractivity contribution in [1.29, 1.82) is 0 Å². The Hall–Kier alpha value is -2.52. The molecule has 2 aliphatic rings. The van der Waals surface area contributed by atoms with Crippen LogP contribution >= 0.6 is 0 Å². The van der Waals surface area contributed by atoms with E-state index in [0.717, 1.165) is 31.6 Å². The fourth-order valence-corrected chi connectivity index (χ4v) is 3.38. The van der Waals surface area contributed by atoms with E-state index in [4.69, 9.17) is 4.74 Å². The molecule has 9 nitrogen and oxygen atoms in total. The van der Waals surface area contributed by atoms with Gasteiger partial charge in [0.15, 0.2) is 0 Å². The van der Waals surface area contributed by atoms with E-state index in [-0.39, 0.29) is 11.6 Å². The Bertz CT molecular complexity index is 697. The van der Waals surface area contributed by atoms with E-state index < -0.39 is 4.92 Å². The van der Waals surface area contributed by atoms with Crippen LogP contribution in [-0.2, 0) is 9.53 Å². The molecule has 0 unspecified atom stereocenters. The number of nitrogens with one attached hydrogen (secondary N) is 1. The van der Waals surface area contributed by atoms with Gasteiger partial charge in [-0.3, -0.25) is 19.8 Å². The summed E-state index contributed by atoms with van der Waals surface area (Å²) in [7, 11) is 0. The number of rotatable bonds is 6. The number of hydrogen-bond donors (Lipinski definition) is 1. The van der Waals surface area contributed by atoms with E-state index in [1.165, 1.54) is 24.8 Å². The third kappa shape index (κ3) is 5.48. The Morgan fingerprint density at radius 3 is 2.67 bits per heavy atom. The molecule has 0 bridgehead atoms. The molecule has 9 heteroatoms. The molecule has 2 aliphatic heterocycles. The zero-order chi connectivity index (χ0) is 19.1. The van der Waals surface area contributed by atoms with Crippen molar-refractivity contribution in [3.8, 4) is 0 Å². The number of anilines is 1. The molecule has 146 valence electrons. The first-order valence-corrected chi connectivity index (χ1v) is 9.29. The first-order valence-electron chi connectivity index (χ1n) is 9.29. The summed E-state index contributed by atoms with van der Waals surface area (Å²) in [4.78, 5) is 26.9. The van der Waals surface area contributed by atoms with Gasteiger partial charge in [0.1, 0.15) is 0 Å². The SMILES string of the molecule is O=C(CN1CCCCC1)N/N=C/c1cc([N+](=O)[O-])ccc1N1CCOCC1. The quantitative estimate of drug-likeness (QED) is 0.458. The molecular weight excluding hydrogens is 350 g/mol. The van der Waals surface area contributed by atoms with Crippen molar-refractivity contribution < 1.29 is 14.5 Å². The van der Waals surface area contributed by atoms with Crippen molar-refractivity contribution in [2.24, 2.45) is 5.10 Å². The predicted octanol–water partition coefficient (Wildman–Crippen LogP) is 1.37. The number of benzene rings is 1. The number of morpholine rings is 1. The number of ether oxygens (including phenoxy) is 1. The molecular formula is C18H25N5O4. The fraction of sp³-hybridized carbons (Fsp3) is 0.556. The van der Waals surface area contributed by atoms with Crippen LogP contribution in [0.25, 0.3) is 0 Å². The van der Waals surface area contributed by atoms with Crippen LogP contribution in [0.3, 0.4) is 0 Å². The second-order valence-electron chi connectivity index (χ2n) is 6.73. The van der Waals surface area contributed by atoms with Crippen molar-refractivity contribution in [1.82, 2.24) is 10.3 Å². The molecule has 1 amide bonds. The highest BCUT2D eigenvalue weighted by Gasteiger charge is 2.17. The van der Waals surface area contributed by atoms with Crippen molar-refractivity contribution in [2.45, 2.75) is 19.3 Å². The number of nitro benzene ring substituents is 1. The number of likely N-dealkylation sites (tertiary alicyclic amines) is 1. The molecule has 0 aromatic heterocycles. The van der Waals surface area contributed by atoms with Gasteiger partial charge in [-0.2, -0.15) is 5.10 Å². The minimum absolute atomic E-state index is 0.00639. The normalized spacial score (nSPS) is 18.6. The number of hydrogen-bond acceptors (Lipinski definition) is 7. The highest BCUT2D eigenvalue weighted by molar-refractivity contribution is 5.90. The van der Waals surface area contributed by atoms with Gasteiger partial charge in [0.25, 0.3) is 11.6 Å². The van der Waals surface area contributed by atoms with E-state index in [1.54, 1.807) is 6.07 Å². The lowest BCUT2D eigenvalue weighted by Crippen LogP contribution is -2.38. The van der Waals surface area contributed by atoms with Crippen LogP contribution < -0.4 is 10.3 Å². The molecule has 0 saturated carbocycles. The van der Waals surface area contributed by atoms with Crippen LogP contribution in [0, 0.1) is 10.1 Å². The van der Waals surface area contributed by atoms with E-state index in [9.17, 15) is 14.9 Å². The number of piperidine rings is 1. The molecule has 2 fully saturated rings. The van der Waals surface area contributed by atoms with Crippen LogP contribution in [0.5, 0.6) is 0 Å². The molecule has 0 spiro atoms. The number of non-ortho nitro benzene ring substituents is 1. The van der Waals surface area contributed by atoms with Gasteiger partial charge < -0.3 is 9.64 Å². The standard InChI is InChI=1S/C18H25N5O4/c24-18(14-21-6-2-1-3-7-21)20-19-13-15-12-16(23(25)26)4-5-17(15)22-8-10-27-11-9-22/h4-5,12-13H,1-3,6-11,14H2,(H,20,24)/b19-13+. The van der Waals surface area contributed by atoms with E-state index >= 15 is 0 Å². The van der Waals surface area contributed by atoms with Gasteiger partial charge >= 0.3 is 0 Å². The van der Waals surface area contributed by atoms with Crippen molar-refractivity contribution in [3.05, 3.63) is 33.9 Å². The number of carbonyl (C=O) groups excluding carboxylic acids is 1. The largest absolute Gasteiger partial charge is 0.378 e. The van der Waals surface area contributed by atoms with E-state index in [1.807, 2.05) is 0 Å². The van der Waals surface area contributed by atoms with Crippen LogP contribution in [0.1, 0.15) is 24.8 Å². The van der Waals surface area contributed by atoms with Gasteiger partial charge in [0.2, 0.25) is 0 Å². The zero-order valence-corrected chi connectivity index (χ0v) is 15.3. The topological polar surface area (TPSA) is 100 Å². The van der Waals surface area contributed by atoms with Gasteiger partial charge in [0.05, 0.1) is 30.9 Å². The lowest BCUT2D eigenvalue weighted by Gasteiger charge is -2.29. The minimum Gasteiger partial charge on any atom is -0.378 e. The lowest BCUT2D eigenvalue weighted by atomic mass is 10.1. The maximum Gasteiger partial charge on any atom is 0.270 e. The Labute approximate surface area is 158 Å². The van der Waals surface area contributed by atoms with E-state index in [2.05, 4.69) is 20.3 Å². The minimum atomic E-state index is -0.435. The molecule has 1 N–H and O–H groups in total. The monoisotopic (exact) mass is 375 g/mol. The Morgan fingerprint density at radius 2 is 1.96 bits per heavy atom. The Morgan fingerprint density at radius 1 is 1.22 bits per heavy atom. The van der Waals surface area contributed by atoms with E-state index in [0.29, 0.717) is 38.4 Å². The molecule has 2 saturated heterocycles. The summed E-state index contributed by atoms with van der Waals surface area (Å²) in [5.41, 5.74) is 3.97. The van der Waals surface area contributed by atoms with Crippen LogP contribution in [0.15, 0.2) is 23.3 Å². The van der Waals surface area contributed by atoms with Crippen molar-refractivity contribution >= 4 is 23.5 Å². The number of amides is 1. The number of hydrazone groups is 1. The summed E-state index contributed by atoms with van der Waals surface area (Å²) in [5, 5.41) is 15.1. The van der Waals surface area contributed by atoms with Gasteiger partial charge in [-0.15, -0.1) is 0 Å². The van der Waals surface area contributed by atoms with Gasteiger partial charge in [-0.05, 0) is 32.0 Å². The maximum absolute atomic E-state index is 12.1. The first kappa shape index (κ1) is 19.2. The van der Waals surface area contributed by atoms with Crippen molar-refractivity contribution in [2.75, 3.05) is 50.8 Å². The Kier molecular flexibility index (Phi) is 6.72. The average Bonchev–Trinajstić information content (AvgIpc) is 2.69. The van der Waals surface area contributed by atoms with Crippen LogP contribution in [0.2, 0.25) is 0 Å².